The first-order chi connectivity index (χ1) is 15.5. The number of aromatic nitrogens is 5. The number of ketones is 1. The molecule has 0 fully saturated rings. The van der Waals surface area contributed by atoms with Crippen LogP contribution in [0, 0.1) is 18.6 Å². The van der Waals surface area contributed by atoms with Gasteiger partial charge >= 0.3 is 0 Å². The molecule has 1 aromatic carbocycles. The number of carbonyl (C=O) groups is 1. The summed E-state index contributed by atoms with van der Waals surface area (Å²) in [6.45, 7) is 4.21. The quantitative estimate of drug-likeness (QED) is 0.165. The zero-order valence-electron chi connectivity index (χ0n) is 17.4. The first-order valence-electron chi connectivity index (χ1n) is 9.97. The van der Waals surface area contributed by atoms with Gasteiger partial charge in [-0.1, -0.05) is 18.9 Å². The zero-order valence-corrected chi connectivity index (χ0v) is 18.2. The highest BCUT2D eigenvalue weighted by Crippen LogP contribution is 2.30. The second kappa shape index (κ2) is 9.35. The molecule has 32 heavy (non-hydrogen) atoms. The van der Waals surface area contributed by atoms with Crippen molar-refractivity contribution in [2.45, 2.75) is 26.8 Å². The van der Waals surface area contributed by atoms with Gasteiger partial charge in [-0.25, -0.2) is 18.7 Å². The van der Waals surface area contributed by atoms with Crippen LogP contribution in [0.4, 0.5) is 20.3 Å². The topological polar surface area (TPSA) is 111 Å². The number of rotatable bonds is 9. The smallest absolute Gasteiger partial charge is 0.201 e. The lowest BCUT2D eigenvalue weighted by Crippen LogP contribution is -2.10. The highest BCUT2D eigenvalue weighted by atomic mass is 32.2. The summed E-state index contributed by atoms with van der Waals surface area (Å²) in [4.78, 5) is 24.5. The minimum Gasteiger partial charge on any atom is -0.364 e. The van der Waals surface area contributed by atoms with Crippen LogP contribution in [0.5, 0.6) is 0 Å². The number of aromatic amines is 2. The minimum absolute atomic E-state index is 0.0524. The Balaban J connectivity index is 1.69. The van der Waals surface area contributed by atoms with Gasteiger partial charge in [0.25, 0.3) is 0 Å². The van der Waals surface area contributed by atoms with Gasteiger partial charge in [-0.3, -0.25) is 9.89 Å². The maximum atomic E-state index is 15.1. The molecule has 0 unspecified atom stereocenters. The van der Waals surface area contributed by atoms with Crippen LogP contribution in [0.25, 0.3) is 11.0 Å². The van der Waals surface area contributed by atoms with Gasteiger partial charge in [-0.15, -0.1) is 0 Å². The molecule has 4 aromatic rings. The second-order valence-electron chi connectivity index (χ2n) is 7.11. The number of H-pyrrole nitrogens is 2. The number of aryl methyl sites for hydroxylation is 1. The van der Waals surface area contributed by atoms with E-state index in [1.54, 1.807) is 0 Å². The van der Waals surface area contributed by atoms with Gasteiger partial charge in [0.1, 0.15) is 23.6 Å². The van der Waals surface area contributed by atoms with Gasteiger partial charge in [0.2, 0.25) is 5.78 Å². The van der Waals surface area contributed by atoms with E-state index in [-0.39, 0.29) is 11.3 Å². The zero-order chi connectivity index (χ0) is 22.7. The highest BCUT2D eigenvalue weighted by molar-refractivity contribution is 8.00. The molecule has 4 rings (SSSR count). The summed E-state index contributed by atoms with van der Waals surface area (Å²) >= 11 is 1.29. The number of hydrogen-bond donors (Lipinski definition) is 4. The molecule has 11 heteroatoms. The maximum absolute atomic E-state index is 15.1. The van der Waals surface area contributed by atoms with E-state index in [2.05, 4.69) is 35.2 Å². The molecule has 3 heterocycles. The monoisotopic (exact) mass is 457 g/mol. The van der Waals surface area contributed by atoms with Crippen molar-refractivity contribution in [1.82, 2.24) is 25.1 Å². The van der Waals surface area contributed by atoms with Gasteiger partial charge in [-0.2, -0.15) is 5.10 Å². The molecule has 0 saturated carbocycles. The van der Waals surface area contributed by atoms with E-state index in [9.17, 15) is 9.18 Å². The lowest BCUT2D eigenvalue weighted by molar-refractivity contribution is 0.103. The predicted molar refractivity (Wildman–Crippen MR) is 121 cm³/mol. The van der Waals surface area contributed by atoms with Crippen molar-refractivity contribution in [3.8, 4) is 0 Å². The molecular formula is C21H21F2N7OS. The summed E-state index contributed by atoms with van der Waals surface area (Å²) in [5, 5.41) is 10.5. The summed E-state index contributed by atoms with van der Waals surface area (Å²) in [5.41, 5.74) is 1.51. The number of anilines is 2. The Morgan fingerprint density at radius 2 is 2.09 bits per heavy atom. The van der Waals surface area contributed by atoms with Crippen LogP contribution in [0.3, 0.4) is 0 Å². The van der Waals surface area contributed by atoms with E-state index in [0.717, 1.165) is 29.6 Å². The molecule has 0 saturated heterocycles. The average molecular weight is 458 g/mol. The van der Waals surface area contributed by atoms with Gasteiger partial charge in [0.15, 0.2) is 5.82 Å². The SMILES string of the molecule is CCCSNc1ccc(F)c(C(=O)c2c[nH]c3ncnc(NCc4cc(C)[nH]n4)c23)c1F. The molecule has 0 aliphatic rings. The number of benzene rings is 1. The van der Waals surface area contributed by atoms with Gasteiger partial charge < -0.3 is 15.0 Å². The van der Waals surface area contributed by atoms with Crippen LogP contribution in [0.1, 0.15) is 40.7 Å². The lowest BCUT2D eigenvalue weighted by atomic mass is 10.0. The Hall–Kier alpha value is -3.47. The predicted octanol–water partition coefficient (Wildman–Crippen LogP) is 4.58. The molecule has 0 radical (unpaired) electrons. The Morgan fingerprint density at radius 1 is 1.25 bits per heavy atom. The maximum Gasteiger partial charge on any atom is 0.201 e. The molecule has 4 N–H and O–H groups in total. The Morgan fingerprint density at radius 3 is 2.84 bits per heavy atom. The Bertz CT molecular complexity index is 1270. The van der Waals surface area contributed by atoms with E-state index in [1.807, 2.05) is 19.9 Å². The standard InChI is InChI=1S/C21H21F2N7OS/c1-3-6-32-30-15-5-4-14(22)17(18(15)23)19(31)13-9-25-21-16(13)20(26-10-27-21)24-8-12-7-11(2)28-29-12/h4-5,7,9-10,30H,3,6,8H2,1-2H3,(H,28,29)(H2,24,25,26,27). The molecule has 3 aromatic heterocycles. The summed E-state index contributed by atoms with van der Waals surface area (Å²) in [7, 11) is 0. The number of fused-ring (bicyclic) bond motifs is 1. The van der Waals surface area contributed by atoms with Crippen molar-refractivity contribution >= 4 is 40.3 Å². The van der Waals surface area contributed by atoms with E-state index in [0.29, 0.717) is 23.4 Å². The van der Waals surface area contributed by atoms with Crippen LogP contribution in [-0.4, -0.2) is 36.7 Å². The molecule has 0 atom stereocenters. The summed E-state index contributed by atoms with van der Waals surface area (Å²) in [6.07, 6.45) is 3.60. The third-order valence-corrected chi connectivity index (χ3v) is 5.69. The fraction of sp³-hybridized carbons (Fsp3) is 0.238. The number of carbonyl (C=O) groups excluding carboxylic acids is 1. The van der Waals surface area contributed by atoms with Crippen LogP contribution < -0.4 is 10.0 Å². The van der Waals surface area contributed by atoms with Crippen molar-refractivity contribution in [3.63, 3.8) is 0 Å². The Labute approximate surface area is 186 Å². The Kier molecular flexibility index (Phi) is 6.35. The van der Waals surface area contributed by atoms with E-state index >= 15 is 4.39 Å². The summed E-state index contributed by atoms with van der Waals surface area (Å²) in [5.74, 6) is -1.58. The second-order valence-corrected chi connectivity index (χ2v) is 8.01. The fourth-order valence-electron chi connectivity index (χ4n) is 3.22. The molecule has 0 aliphatic heterocycles. The van der Waals surface area contributed by atoms with E-state index in [1.165, 1.54) is 30.5 Å². The normalized spacial score (nSPS) is 11.1. The number of halogens is 2. The van der Waals surface area contributed by atoms with E-state index in [4.69, 9.17) is 0 Å². The average Bonchev–Trinajstić information content (AvgIpc) is 3.40. The summed E-state index contributed by atoms with van der Waals surface area (Å²) in [6, 6.07) is 4.23. The number of nitrogens with zero attached hydrogens (tertiary/aromatic N) is 3. The molecule has 0 bridgehead atoms. The molecule has 166 valence electrons. The summed E-state index contributed by atoms with van der Waals surface area (Å²) < 4.78 is 32.5. The molecule has 0 amide bonds. The van der Waals surface area contributed by atoms with Crippen LogP contribution >= 0.6 is 11.9 Å². The van der Waals surface area contributed by atoms with Gasteiger partial charge in [0.05, 0.1) is 34.4 Å². The largest absolute Gasteiger partial charge is 0.364 e. The lowest BCUT2D eigenvalue weighted by Gasteiger charge is -2.11. The van der Waals surface area contributed by atoms with Crippen molar-refractivity contribution in [1.29, 1.82) is 0 Å². The number of nitrogens with one attached hydrogen (secondary N) is 4. The van der Waals surface area contributed by atoms with Crippen molar-refractivity contribution < 1.29 is 13.6 Å². The molecular weight excluding hydrogens is 436 g/mol. The molecule has 8 nitrogen and oxygen atoms in total. The van der Waals surface area contributed by atoms with Crippen molar-refractivity contribution in [2.24, 2.45) is 0 Å². The first kappa shape index (κ1) is 21.8. The fourth-order valence-corrected chi connectivity index (χ4v) is 3.84. The number of hydrogen-bond acceptors (Lipinski definition) is 7. The van der Waals surface area contributed by atoms with Crippen LogP contribution in [0.15, 0.2) is 30.7 Å². The van der Waals surface area contributed by atoms with Gasteiger partial charge in [0, 0.05) is 17.6 Å². The van der Waals surface area contributed by atoms with E-state index < -0.39 is 23.0 Å². The van der Waals surface area contributed by atoms with Crippen molar-refractivity contribution in [2.75, 3.05) is 15.8 Å². The highest BCUT2D eigenvalue weighted by Gasteiger charge is 2.26. The molecule has 0 aliphatic carbocycles. The van der Waals surface area contributed by atoms with Crippen LogP contribution in [0.2, 0.25) is 0 Å². The molecule has 0 spiro atoms. The van der Waals surface area contributed by atoms with Gasteiger partial charge in [-0.05, 0) is 31.5 Å². The van der Waals surface area contributed by atoms with Crippen molar-refractivity contribution in [3.05, 3.63) is 64.9 Å². The first-order valence-corrected chi connectivity index (χ1v) is 11.0. The third-order valence-electron chi connectivity index (χ3n) is 4.72. The van der Waals surface area contributed by atoms with Crippen LogP contribution in [-0.2, 0) is 6.54 Å². The minimum atomic E-state index is -0.939. The third kappa shape index (κ3) is 4.28.